The van der Waals surface area contributed by atoms with Gasteiger partial charge in [0.2, 0.25) is 5.91 Å². The molecule has 0 fully saturated rings. The molecule has 1 aromatic heterocycles. The summed E-state index contributed by atoms with van der Waals surface area (Å²) in [5.74, 6) is -0.926. The molecule has 1 heterocycles. The first kappa shape index (κ1) is 23.0. The van der Waals surface area contributed by atoms with Gasteiger partial charge in [-0.1, -0.05) is 36.4 Å². The lowest BCUT2D eigenvalue weighted by atomic mass is 9.88. The SMILES string of the molecule is COc1ccc([C@@H](CC(=O)NCCc2ccc(F)cc2)c2c(O)c3ccccc3oc2=O)cc1. The van der Waals surface area contributed by atoms with Gasteiger partial charge in [-0.2, -0.15) is 0 Å². The van der Waals surface area contributed by atoms with Gasteiger partial charge in [0.1, 0.15) is 22.9 Å². The van der Waals surface area contributed by atoms with Crippen LogP contribution in [0.3, 0.4) is 0 Å². The van der Waals surface area contributed by atoms with E-state index in [9.17, 15) is 19.1 Å². The molecule has 0 bridgehead atoms. The van der Waals surface area contributed by atoms with Gasteiger partial charge in [-0.15, -0.1) is 0 Å². The third-order valence-electron chi connectivity index (χ3n) is 5.73. The minimum Gasteiger partial charge on any atom is -0.507 e. The predicted molar refractivity (Wildman–Crippen MR) is 127 cm³/mol. The van der Waals surface area contributed by atoms with Crippen LogP contribution >= 0.6 is 0 Å². The van der Waals surface area contributed by atoms with E-state index in [0.717, 1.165) is 5.56 Å². The zero-order valence-electron chi connectivity index (χ0n) is 18.6. The van der Waals surface area contributed by atoms with Gasteiger partial charge in [-0.3, -0.25) is 4.79 Å². The van der Waals surface area contributed by atoms with Crippen LogP contribution in [-0.2, 0) is 11.2 Å². The number of nitrogens with one attached hydrogen (secondary N) is 1. The van der Waals surface area contributed by atoms with Gasteiger partial charge in [-0.25, -0.2) is 9.18 Å². The monoisotopic (exact) mass is 461 g/mol. The number of para-hydroxylation sites is 1. The van der Waals surface area contributed by atoms with Gasteiger partial charge < -0.3 is 19.6 Å². The van der Waals surface area contributed by atoms with Crippen LogP contribution in [0.5, 0.6) is 11.5 Å². The summed E-state index contributed by atoms with van der Waals surface area (Å²) in [5.41, 5.74) is 1.15. The van der Waals surface area contributed by atoms with Gasteiger partial charge in [-0.05, 0) is 53.9 Å². The fourth-order valence-electron chi connectivity index (χ4n) is 3.93. The van der Waals surface area contributed by atoms with E-state index in [2.05, 4.69) is 5.32 Å². The summed E-state index contributed by atoms with van der Waals surface area (Å²) in [6.45, 7) is 0.345. The van der Waals surface area contributed by atoms with Crippen molar-refractivity contribution in [2.45, 2.75) is 18.8 Å². The van der Waals surface area contributed by atoms with E-state index in [1.165, 1.54) is 12.1 Å². The van der Waals surface area contributed by atoms with E-state index in [4.69, 9.17) is 9.15 Å². The fourth-order valence-corrected chi connectivity index (χ4v) is 3.93. The summed E-state index contributed by atoms with van der Waals surface area (Å²) in [6.07, 6.45) is 0.453. The second-order valence-corrected chi connectivity index (χ2v) is 7.90. The molecule has 0 aliphatic rings. The number of carbonyl (C=O) groups is 1. The quantitative estimate of drug-likeness (QED) is 0.377. The molecule has 3 aromatic carbocycles. The normalized spacial score (nSPS) is 11.8. The molecule has 174 valence electrons. The Balaban J connectivity index is 1.61. The second-order valence-electron chi connectivity index (χ2n) is 7.90. The van der Waals surface area contributed by atoms with Crippen LogP contribution in [0.4, 0.5) is 4.39 Å². The average molecular weight is 461 g/mol. The number of hydrogen-bond acceptors (Lipinski definition) is 5. The molecule has 0 saturated heterocycles. The predicted octanol–water partition coefficient (Wildman–Crippen LogP) is 4.53. The van der Waals surface area contributed by atoms with Crippen LogP contribution < -0.4 is 15.7 Å². The number of halogens is 1. The van der Waals surface area contributed by atoms with Crippen molar-refractivity contribution in [3.8, 4) is 11.5 Å². The molecule has 0 saturated carbocycles. The number of methoxy groups -OCH3 is 1. The highest BCUT2D eigenvalue weighted by Gasteiger charge is 2.27. The molecule has 0 spiro atoms. The van der Waals surface area contributed by atoms with E-state index >= 15 is 0 Å². The molecule has 0 radical (unpaired) electrons. The first-order valence-corrected chi connectivity index (χ1v) is 10.9. The second kappa shape index (κ2) is 10.2. The standard InChI is InChI=1S/C27H24FNO5/c1-33-20-12-8-18(9-13-20)22(16-24(30)29-15-14-17-6-10-19(28)11-7-17)25-26(31)21-4-2-3-5-23(21)34-27(25)32/h2-13,22,31H,14-16H2,1H3,(H,29,30)/t22-/m1/s1. The molecule has 2 N–H and O–H groups in total. The Bertz CT molecular complexity index is 1350. The number of amides is 1. The highest BCUT2D eigenvalue weighted by atomic mass is 19.1. The maximum absolute atomic E-state index is 13.1. The first-order valence-electron chi connectivity index (χ1n) is 10.9. The van der Waals surface area contributed by atoms with Gasteiger partial charge >= 0.3 is 5.63 Å². The first-order chi connectivity index (χ1) is 16.5. The summed E-state index contributed by atoms with van der Waals surface area (Å²) in [6, 6.07) is 19.7. The molecule has 7 heteroatoms. The lowest BCUT2D eigenvalue weighted by Crippen LogP contribution is -2.28. The summed E-state index contributed by atoms with van der Waals surface area (Å²) >= 11 is 0. The zero-order chi connectivity index (χ0) is 24.1. The van der Waals surface area contributed by atoms with Crippen molar-refractivity contribution in [3.63, 3.8) is 0 Å². The topological polar surface area (TPSA) is 88.8 Å². The molecular formula is C27H24FNO5. The largest absolute Gasteiger partial charge is 0.507 e. The maximum Gasteiger partial charge on any atom is 0.343 e. The number of fused-ring (bicyclic) bond motifs is 1. The number of carbonyl (C=O) groups excluding carboxylic acids is 1. The van der Waals surface area contributed by atoms with E-state index in [1.807, 2.05) is 0 Å². The van der Waals surface area contributed by atoms with Crippen molar-refractivity contribution in [2.24, 2.45) is 0 Å². The average Bonchev–Trinajstić information content (AvgIpc) is 2.85. The van der Waals surface area contributed by atoms with Crippen molar-refractivity contribution in [1.82, 2.24) is 5.32 Å². The Morgan fingerprint density at radius 2 is 1.76 bits per heavy atom. The summed E-state index contributed by atoms with van der Waals surface area (Å²) in [7, 11) is 1.55. The van der Waals surface area contributed by atoms with Crippen molar-refractivity contribution in [1.29, 1.82) is 0 Å². The molecule has 34 heavy (non-hydrogen) atoms. The van der Waals surface area contributed by atoms with Crippen LogP contribution in [0.15, 0.2) is 82.0 Å². The molecule has 0 aliphatic heterocycles. The number of rotatable bonds is 8. The summed E-state index contributed by atoms with van der Waals surface area (Å²) in [4.78, 5) is 25.7. The number of ether oxygens (including phenoxy) is 1. The molecule has 1 atom stereocenters. The molecule has 4 aromatic rings. The van der Waals surface area contributed by atoms with Crippen molar-refractivity contribution in [2.75, 3.05) is 13.7 Å². The lowest BCUT2D eigenvalue weighted by Gasteiger charge is -2.19. The Morgan fingerprint density at radius 3 is 2.47 bits per heavy atom. The third-order valence-corrected chi connectivity index (χ3v) is 5.73. The van der Waals surface area contributed by atoms with Crippen molar-refractivity contribution >= 4 is 16.9 Å². The maximum atomic E-state index is 13.1. The Morgan fingerprint density at radius 1 is 1.06 bits per heavy atom. The van der Waals surface area contributed by atoms with Crippen LogP contribution in [0.1, 0.15) is 29.0 Å². The minimum atomic E-state index is -0.738. The molecule has 4 rings (SSSR count). The Labute approximate surface area is 195 Å². The van der Waals surface area contributed by atoms with Gasteiger partial charge in [0.25, 0.3) is 0 Å². The number of aromatic hydroxyl groups is 1. The van der Waals surface area contributed by atoms with Gasteiger partial charge in [0, 0.05) is 18.9 Å². The molecule has 0 aliphatic carbocycles. The van der Waals surface area contributed by atoms with Gasteiger partial charge in [0.15, 0.2) is 0 Å². The Kier molecular flexibility index (Phi) is 6.92. The van der Waals surface area contributed by atoms with Gasteiger partial charge in [0.05, 0.1) is 18.1 Å². The Hall–Kier alpha value is -4.13. The summed E-state index contributed by atoms with van der Waals surface area (Å²) < 4.78 is 23.7. The van der Waals surface area contributed by atoms with Crippen LogP contribution in [-0.4, -0.2) is 24.7 Å². The molecule has 0 unspecified atom stereocenters. The molecule has 6 nitrogen and oxygen atoms in total. The van der Waals surface area contributed by atoms with Crippen molar-refractivity contribution in [3.05, 3.63) is 106 Å². The lowest BCUT2D eigenvalue weighted by molar-refractivity contribution is -0.121. The molecule has 1 amide bonds. The minimum absolute atomic E-state index is 0.0255. The van der Waals surface area contributed by atoms with Crippen LogP contribution in [0.2, 0.25) is 0 Å². The fraction of sp³-hybridized carbons (Fsp3) is 0.185. The van der Waals surface area contributed by atoms with E-state index in [0.29, 0.717) is 29.7 Å². The third kappa shape index (κ3) is 5.09. The molecular weight excluding hydrogens is 437 g/mol. The summed E-state index contributed by atoms with van der Waals surface area (Å²) in [5, 5.41) is 14.2. The number of hydrogen-bond donors (Lipinski definition) is 2. The highest BCUT2D eigenvalue weighted by Crippen LogP contribution is 2.36. The van der Waals surface area contributed by atoms with E-state index in [1.54, 1.807) is 67.8 Å². The smallest absolute Gasteiger partial charge is 0.343 e. The zero-order valence-corrected chi connectivity index (χ0v) is 18.6. The number of benzene rings is 3. The van der Waals surface area contributed by atoms with Crippen LogP contribution in [0, 0.1) is 5.82 Å². The van der Waals surface area contributed by atoms with Crippen LogP contribution in [0.25, 0.3) is 11.0 Å². The van der Waals surface area contributed by atoms with Crippen molar-refractivity contribution < 1.29 is 23.4 Å². The van der Waals surface area contributed by atoms with E-state index < -0.39 is 11.5 Å². The van der Waals surface area contributed by atoms with E-state index in [-0.39, 0.29) is 35.0 Å². The highest BCUT2D eigenvalue weighted by molar-refractivity contribution is 5.85.